The second kappa shape index (κ2) is 4.85. The van der Waals surface area contributed by atoms with E-state index < -0.39 is 44.1 Å². The summed E-state index contributed by atoms with van der Waals surface area (Å²) in [5.41, 5.74) is 9.93. The second-order valence-corrected chi connectivity index (χ2v) is 6.40. The second-order valence-electron chi connectivity index (χ2n) is 4.90. The number of halogens is 1. The Morgan fingerprint density at radius 2 is 2.14 bits per heavy atom. The van der Waals surface area contributed by atoms with Crippen molar-refractivity contribution in [2.24, 2.45) is 5.50 Å². The highest BCUT2D eigenvalue weighted by atomic mass is 31.2. The summed E-state index contributed by atoms with van der Waals surface area (Å²) in [6.45, 7) is 1.54. The number of nitrogens with two attached hydrogens (primary N) is 2. The van der Waals surface area contributed by atoms with Gasteiger partial charge in [-0.05, 0) is 13.0 Å². The standard InChI is InChI=1S/C10H14FN4O5P/c1-4-7-8(20-21(13,17)19-4)6(11)9(18-7)15-3-2-5(12)14-10(15)16/h2-4,6-9H,1H3,(H2,13,17)(H2,12,14,16)/t4?,6-,7-,8+,9-,21?/m1/s1. The number of fused-ring (bicyclic) bond motifs is 1. The number of aromatic nitrogens is 2. The molecular weight excluding hydrogens is 306 g/mol. The van der Waals surface area contributed by atoms with Gasteiger partial charge in [-0.1, -0.05) is 0 Å². The Morgan fingerprint density at radius 3 is 2.81 bits per heavy atom. The third-order valence-electron chi connectivity index (χ3n) is 3.38. The molecule has 0 saturated carbocycles. The van der Waals surface area contributed by atoms with E-state index in [0.717, 1.165) is 4.57 Å². The van der Waals surface area contributed by atoms with E-state index in [0.29, 0.717) is 0 Å². The molecule has 0 radical (unpaired) electrons. The van der Waals surface area contributed by atoms with E-state index in [-0.39, 0.29) is 5.82 Å². The number of nitrogens with zero attached hydrogens (tertiary/aromatic N) is 2. The molecule has 6 atom stereocenters. The highest BCUT2D eigenvalue weighted by Crippen LogP contribution is 2.52. The van der Waals surface area contributed by atoms with Gasteiger partial charge in [0.15, 0.2) is 12.4 Å². The zero-order valence-electron chi connectivity index (χ0n) is 11.0. The van der Waals surface area contributed by atoms with Gasteiger partial charge in [0, 0.05) is 6.20 Å². The summed E-state index contributed by atoms with van der Waals surface area (Å²) in [5, 5.41) is 0. The molecule has 4 N–H and O–H groups in total. The average molecular weight is 320 g/mol. The number of hydrogen-bond acceptors (Lipinski definition) is 7. The van der Waals surface area contributed by atoms with E-state index in [1.165, 1.54) is 12.3 Å². The maximum absolute atomic E-state index is 14.5. The van der Waals surface area contributed by atoms with Crippen LogP contribution in [0.15, 0.2) is 17.1 Å². The van der Waals surface area contributed by atoms with Crippen LogP contribution < -0.4 is 16.9 Å². The summed E-state index contributed by atoms with van der Waals surface area (Å²) < 4.78 is 42.5. The Balaban J connectivity index is 1.94. The first-order chi connectivity index (χ1) is 9.78. The molecule has 9 nitrogen and oxygen atoms in total. The van der Waals surface area contributed by atoms with Crippen molar-refractivity contribution in [1.82, 2.24) is 9.55 Å². The summed E-state index contributed by atoms with van der Waals surface area (Å²) >= 11 is 0. The summed E-state index contributed by atoms with van der Waals surface area (Å²) in [7, 11) is -3.83. The Morgan fingerprint density at radius 1 is 1.43 bits per heavy atom. The first-order valence-corrected chi connectivity index (χ1v) is 7.79. The molecule has 2 aliphatic heterocycles. The largest absolute Gasteiger partial charge is 0.403 e. The van der Waals surface area contributed by atoms with Crippen molar-refractivity contribution in [3.05, 3.63) is 22.7 Å². The van der Waals surface area contributed by atoms with Gasteiger partial charge < -0.3 is 10.5 Å². The van der Waals surface area contributed by atoms with Gasteiger partial charge in [0.25, 0.3) is 0 Å². The minimum Gasteiger partial charge on any atom is -0.383 e. The minimum atomic E-state index is -3.83. The smallest absolute Gasteiger partial charge is 0.383 e. The fourth-order valence-electron chi connectivity index (χ4n) is 2.48. The van der Waals surface area contributed by atoms with Gasteiger partial charge >= 0.3 is 13.4 Å². The molecule has 1 aromatic heterocycles. The van der Waals surface area contributed by atoms with Gasteiger partial charge in [-0.2, -0.15) is 4.98 Å². The number of hydrogen-bond donors (Lipinski definition) is 2. The molecule has 21 heavy (non-hydrogen) atoms. The van der Waals surface area contributed by atoms with Gasteiger partial charge in [0.1, 0.15) is 18.0 Å². The summed E-state index contributed by atoms with van der Waals surface area (Å²) in [6, 6.07) is 1.34. The van der Waals surface area contributed by atoms with Crippen LogP contribution in [0.5, 0.6) is 0 Å². The predicted molar refractivity (Wildman–Crippen MR) is 68.9 cm³/mol. The third-order valence-corrected chi connectivity index (χ3v) is 4.54. The number of ether oxygens (including phenoxy) is 1. The van der Waals surface area contributed by atoms with Crippen LogP contribution in [0.3, 0.4) is 0 Å². The molecule has 2 unspecified atom stereocenters. The lowest BCUT2D eigenvalue weighted by molar-refractivity contribution is -0.0910. The molecule has 3 rings (SSSR count). The van der Waals surface area contributed by atoms with Crippen molar-refractivity contribution in [2.45, 2.75) is 37.6 Å². The first-order valence-electron chi connectivity index (χ1n) is 6.18. The molecule has 2 fully saturated rings. The van der Waals surface area contributed by atoms with Gasteiger partial charge in [-0.3, -0.25) is 13.6 Å². The normalized spacial score (nSPS) is 42.7. The summed E-state index contributed by atoms with van der Waals surface area (Å²) in [6.07, 6.45) is -4.50. The number of alkyl halides is 1. The highest BCUT2D eigenvalue weighted by Gasteiger charge is 2.55. The van der Waals surface area contributed by atoms with Gasteiger partial charge in [0.2, 0.25) is 0 Å². The van der Waals surface area contributed by atoms with Crippen molar-refractivity contribution in [3.8, 4) is 0 Å². The summed E-state index contributed by atoms with van der Waals surface area (Å²) in [5.74, 6) is 0.0153. The Hall–Kier alpha value is -1.32. The van der Waals surface area contributed by atoms with E-state index >= 15 is 0 Å². The Kier molecular flexibility index (Phi) is 3.38. The lowest BCUT2D eigenvalue weighted by Crippen LogP contribution is -2.44. The lowest BCUT2D eigenvalue weighted by atomic mass is 10.1. The van der Waals surface area contributed by atoms with Crippen LogP contribution in [-0.2, 0) is 18.3 Å². The van der Waals surface area contributed by atoms with Crippen LogP contribution in [0.2, 0.25) is 0 Å². The number of rotatable bonds is 1. The number of anilines is 1. The molecule has 116 valence electrons. The molecule has 2 saturated heterocycles. The van der Waals surface area contributed by atoms with Gasteiger partial charge in [-0.15, -0.1) is 0 Å². The maximum Gasteiger partial charge on any atom is 0.403 e. The third kappa shape index (κ3) is 2.49. The van der Waals surface area contributed by atoms with E-state index in [1.807, 2.05) is 0 Å². The predicted octanol–water partition coefficient (Wildman–Crippen LogP) is -0.0683. The molecule has 0 spiro atoms. The molecule has 3 heterocycles. The van der Waals surface area contributed by atoms with Crippen LogP contribution in [0.1, 0.15) is 13.2 Å². The van der Waals surface area contributed by atoms with E-state index in [1.54, 1.807) is 6.92 Å². The molecule has 0 bridgehead atoms. The van der Waals surface area contributed by atoms with E-state index in [9.17, 15) is 13.8 Å². The highest BCUT2D eigenvalue weighted by molar-refractivity contribution is 7.51. The van der Waals surface area contributed by atoms with Crippen molar-refractivity contribution < 1.29 is 22.7 Å². The SMILES string of the molecule is CC1OP(N)(=O)O[C@H]2[C@@H](F)[C@H](n3ccc(N)nc3=O)O[C@H]12. The fraction of sp³-hybridized carbons (Fsp3) is 0.600. The molecule has 2 aliphatic rings. The molecule has 11 heteroatoms. The van der Waals surface area contributed by atoms with Gasteiger partial charge in [-0.25, -0.2) is 19.3 Å². The van der Waals surface area contributed by atoms with Crippen LogP contribution in [0, 0.1) is 0 Å². The molecule has 0 aromatic carbocycles. The monoisotopic (exact) mass is 320 g/mol. The van der Waals surface area contributed by atoms with Crippen LogP contribution >= 0.6 is 7.75 Å². The zero-order valence-corrected chi connectivity index (χ0v) is 11.9. The van der Waals surface area contributed by atoms with Crippen molar-refractivity contribution in [1.29, 1.82) is 0 Å². The van der Waals surface area contributed by atoms with Crippen LogP contribution in [-0.4, -0.2) is 34.0 Å². The van der Waals surface area contributed by atoms with Crippen molar-refractivity contribution in [2.75, 3.05) is 5.73 Å². The van der Waals surface area contributed by atoms with Gasteiger partial charge in [0.05, 0.1) is 6.10 Å². The number of nitrogen functional groups attached to an aromatic ring is 1. The first kappa shape index (κ1) is 14.6. The Bertz CT molecular complexity index is 669. The van der Waals surface area contributed by atoms with Crippen molar-refractivity contribution >= 4 is 13.6 Å². The van der Waals surface area contributed by atoms with Crippen LogP contribution in [0.4, 0.5) is 10.2 Å². The Labute approximate surface area is 118 Å². The molecular formula is C10H14FN4O5P. The quantitative estimate of drug-likeness (QED) is 0.687. The van der Waals surface area contributed by atoms with E-state index in [2.05, 4.69) is 4.98 Å². The molecule has 0 amide bonds. The van der Waals surface area contributed by atoms with Crippen LogP contribution in [0.25, 0.3) is 0 Å². The average Bonchev–Trinajstić information content (AvgIpc) is 2.66. The topological polar surface area (TPSA) is 132 Å². The minimum absolute atomic E-state index is 0.0153. The zero-order chi connectivity index (χ0) is 15.4. The molecule has 1 aromatic rings. The lowest BCUT2D eigenvalue weighted by Gasteiger charge is -2.33. The van der Waals surface area contributed by atoms with Crippen molar-refractivity contribution in [3.63, 3.8) is 0 Å². The maximum atomic E-state index is 14.5. The van der Waals surface area contributed by atoms with E-state index in [4.69, 9.17) is 25.0 Å². The summed E-state index contributed by atoms with van der Waals surface area (Å²) in [4.78, 5) is 15.3. The fourth-order valence-corrected chi connectivity index (χ4v) is 3.69. The molecule has 0 aliphatic carbocycles.